The second-order valence-corrected chi connectivity index (χ2v) is 5.77. The molecule has 1 aliphatic rings. The Kier molecular flexibility index (Phi) is 4.73. The van der Waals surface area contributed by atoms with E-state index in [0.717, 1.165) is 24.4 Å². The van der Waals surface area contributed by atoms with Crippen LogP contribution in [0.1, 0.15) is 38.5 Å². The summed E-state index contributed by atoms with van der Waals surface area (Å²) in [5, 5.41) is 4.11. The van der Waals surface area contributed by atoms with Gasteiger partial charge in [-0.25, -0.2) is 0 Å². The first-order chi connectivity index (χ1) is 10.8. The molecule has 0 bridgehead atoms. The highest BCUT2D eigenvalue weighted by atomic mass is 16.5. The molecule has 118 valence electrons. The summed E-state index contributed by atoms with van der Waals surface area (Å²) >= 11 is 0. The first-order valence-electron chi connectivity index (χ1n) is 8.01. The molecular formula is C17H23N3O2. The van der Waals surface area contributed by atoms with Gasteiger partial charge in [-0.1, -0.05) is 30.6 Å². The summed E-state index contributed by atoms with van der Waals surface area (Å²) in [4.78, 5) is 7.01. The second-order valence-electron chi connectivity index (χ2n) is 5.77. The van der Waals surface area contributed by atoms with E-state index in [1.807, 2.05) is 24.3 Å². The number of ether oxygens (including phenoxy) is 1. The maximum atomic E-state index is 5.44. The van der Waals surface area contributed by atoms with Gasteiger partial charge in [0, 0.05) is 11.6 Å². The Morgan fingerprint density at radius 3 is 3.09 bits per heavy atom. The fourth-order valence-corrected chi connectivity index (χ4v) is 3.10. The monoisotopic (exact) mass is 301 g/mol. The minimum Gasteiger partial charge on any atom is -0.497 e. The van der Waals surface area contributed by atoms with E-state index in [2.05, 4.69) is 22.0 Å². The van der Waals surface area contributed by atoms with Crippen LogP contribution in [0.3, 0.4) is 0 Å². The van der Waals surface area contributed by atoms with E-state index < -0.39 is 0 Å². The molecule has 1 fully saturated rings. The van der Waals surface area contributed by atoms with Crippen LogP contribution < -0.4 is 4.74 Å². The first kappa shape index (κ1) is 15.0. The van der Waals surface area contributed by atoms with Gasteiger partial charge in [-0.05, 0) is 37.9 Å². The number of piperidine rings is 1. The minimum absolute atomic E-state index is 0.624. The van der Waals surface area contributed by atoms with Gasteiger partial charge in [0.15, 0.2) is 0 Å². The molecule has 0 N–H and O–H groups in total. The second kappa shape index (κ2) is 6.92. The summed E-state index contributed by atoms with van der Waals surface area (Å²) in [6.45, 7) is 4.11. The zero-order valence-corrected chi connectivity index (χ0v) is 13.3. The highest BCUT2D eigenvalue weighted by Gasteiger charge is 2.23. The van der Waals surface area contributed by atoms with Gasteiger partial charge < -0.3 is 9.26 Å². The smallest absolute Gasteiger partial charge is 0.241 e. The Morgan fingerprint density at radius 1 is 1.36 bits per heavy atom. The Labute approximate surface area is 131 Å². The molecule has 0 saturated carbocycles. The molecule has 0 aliphatic carbocycles. The normalized spacial score (nSPS) is 19.3. The standard InChI is InChI=1S/C17H23N3O2/c1-3-14-8-4-5-10-20(14)12-16-18-17(19-22-16)13-7-6-9-15(11-13)21-2/h6-7,9,11,14H,3-5,8,10,12H2,1-2H3. The number of hydrogen-bond acceptors (Lipinski definition) is 5. The minimum atomic E-state index is 0.624. The number of methoxy groups -OCH3 is 1. The lowest BCUT2D eigenvalue weighted by atomic mass is 10.0. The van der Waals surface area contributed by atoms with E-state index in [4.69, 9.17) is 9.26 Å². The van der Waals surface area contributed by atoms with Gasteiger partial charge in [0.05, 0.1) is 13.7 Å². The number of aromatic nitrogens is 2. The molecule has 5 nitrogen and oxygen atoms in total. The molecule has 3 rings (SSSR count). The van der Waals surface area contributed by atoms with Crippen LogP contribution in [-0.4, -0.2) is 34.7 Å². The Bertz CT molecular complexity index is 611. The predicted molar refractivity (Wildman–Crippen MR) is 84.6 cm³/mol. The van der Waals surface area contributed by atoms with Crippen LogP contribution in [0.5, 0.6) is 5.75 Å². The summed E-state index contributed by atoms with van der Waals surface area (Å²) in [7, 11) is 1.65. The van der Waals surface area contributed by atoms with E-state index in [9.17, 15) is 0 Å². The molecule has 1 aliphatic heterocycles. The zero-order chi connectivity index (χ0) is 15.4. The molecule has 2 heterocycles. The maximum Gasteiger partial charge on any atom is 0.241 e. The van der Waals surface area contributed by atoms with Crippen LogP contribution in [0, 0.1) is 0 Å². The Balaban J connectivity index is 1.73. The van der Waals surface area contributed by atoms with Crippen molar-refractivity contribution in [2.45, 2.75) is 45.2 Å². The van der Waals surface area contributed by atoms with Crippen LogP contribution in [-0.2, 0) is 6.54 Å². The van der Waals surface area contributed by atoms with E-state index in [1.54, 1.807) is 7.11 Å². The molecule has 2 aromatic rings. The average molecular weight is 301 g/mol. The van der Waals surface area contributed by atoms with Crippen LogP contribution in [0.25, 0.3) is 11.4 Å². The molecule has 1 unspecified atom stereocenters. The van der Waals surface area contributed by atoms with Crippen molar-refractivity contribution in [1.82, 2.24) is 15.0 Å². The average Bonchev–Trinajstić information content (AvgIpc) is 3.04. The molecule has 0 spiro atoms. The van der Waals surface area contributed by atoms with Crippen molar-refractivity contribution in [3.63, 3.8) is 0 Å². The van der Waals surface area contributed by atoms with Crippen LogP contribution in [0.2, 0.25) is 0 Å². The quantitative estimate of drug-likeness (QED) is 0.846. The number of hydrogen-bond donors (Lipinski definition) is 0. The first-order valence-corrected chi connectivity index (χ1v) is 8.01. The number of likely N-dealkylation sites (tertiary alicyclic amines) is 1. The van der Waals surface area contributed by atoms with E-state index in [-0.39, 0.29) is 0 Å². The molecule has 5 heteroatoms. The maximum absolute atomic E-state index is 5.44. The largest absolute Gasteiger partial charge is 0.497 e. The highest BCUT2D eigenvalue weighted by Crippen LogP contribution is 2.24. The van der Waals surface area contributed by atoms with Crippen molar-refractivity contribution in [3.8, 4) is 17.1 Å². The Morgan fingerprint density at radius 2 is 2.27 bits per heavy atom. The van der Waals surface area contributed by atoms with Crippen LogP contribution in [0.4, 0.5) is 0 Å². The molecule has 22 heavy (non-hydrogen) atoms. The lowest BCUT2D eigenvalue weighted by Crippen LogP contribution is -2.38. The van der Waals surface area contributed by atoms with Gasteiger partial charge in [-0.15, -0.1) is 0 Å². The van der Waals surface area contributed by atoms with Crippen molar-refractivity contribution in [3.05, 3.63) is 30.2 Å². The highest BCUT2D eigenvalue weighted by molar-refractivity contribution is 5.56. The van der Waals surface area contributed by atoms with E-state index >= 15 is 0 Å². The van der Waals surface area contributed by atoms with Gasteiger partial charge in [0.1, 0.15) is 5.75 Å². The van der Waals surface area contributed by atoms with Crippen LogP contribution in [0.15, 0.2) is 28.8 Å². The molecule has 1 aromatic heterocycles. The summed E-state index contributed by atoms with van der Waals surface area (Å²) in [6, 6.07) is 8.37. The topological polar surface area (TPSA) is 51.4 Å². The van der Waals surface area contributed by atoms with Gasteiger partial charge in [-0.3, -0.25) is 4.90 Å². The third kappa shape index (κ3) is 3.30. The lowest BCUT2D eigenvalue weighted by molar-refractivity contribution is 0.120. The fourth-order valence-electron chi connectivity index (χ4n) is 3.10. The van der Waals surface area contributed by atoms with Crippen molar-refractivity contribution in [2.75, 3.05) is 13.7 Å². The van der Waals surface area contributed by atoms with Crippen LogP contribution >= 0.6 is 0 Å². The fraction of sp³-hybridized carbons (Fsp3) is 0.529. The summed E-state index contributed by atoms with van der Waals surface area (Å²) in [5.74, 6) is 2.11. The van der Waals surface area contributed by atoms with Crippen molar-refractivity contribution < 1.29 is 9.26 Å². The number of rotatable bonds is 5. The molecular weight excluding hydrogens is 278 g/mol. The van der Waals surface area contributed by atoms with Crippen molar-refractivity contribution in [2.24, 2.45) is 0 Å². The molecule has 0 amide bonds. The third-order valence-electron chi connectivity index (χ3n) is 4.35. The van der Waals surface area contributed by atoms with Crippen molar-refractivity contribution >= 4 is 0 Å². The molecule has 1 atom stereocenters. The predicted octanol–water partition coefficient (Wildman–Crippen LogP) is 3.51. The van der Waals surface area contributed by atoms with Gasteiger partial charge in [0.25, 0.3) is 0 Å². The molecule has 1 saturated heterocycles. The van der Waals surface area contributed by atoms with E-state index in [1.165, 1.54) is 25.7 Å². The molecule has 1 aromatic carbocycles. The van der Waals surface area contributed by atoms with Gasteiger partial charge >= 0.3 is 0 Å². The Hall–Kier alpha value is -1.88. The van der Waals surface area contributed by atoms with Gasteiger partial charge in [0.2, 0.25) is 11.7 Å². The SMILES string of the molecule is CCC1CCCCN1Cc1nc(-c2cccc(OC)c2)no1. The van der Waals surface area contributed by atoms with Crippen molar-refractivity contribution in [1.29, 1.82) is 0 Å². The summed E-state index contributed by atoms with van der Waals surface area (Å²) in [5.41, 5.74) is 0.917. The summed E-state index contributed by atoms with van der Waals surface area (Å²) in [6.07, 6.45) is 5.03. The number of benzene rings is 1. The van der Waals surface area contributed by atoms with Gasteiger partial charge in [-0.2, -0.15) is 4.98 Å². The lowest BCUT2D eigenvalue weighted by Gasteiger charge is -2.33. The third-order valence-corrected chi connectivity index (χ3v) is 4.35. The zero-order valence-electron chi connectivity index (χ0n) is 13.3. The summed E-state index contributed by atoms with van der Waals surface area (Å²) < 4.78 is 10.7. The molecule has 0 radical (unpaired) electrons. The number of nitrogens with zero attached hydrogens (tertiary/aromatic N) is 3. The van der Waals surface area contributed by atoms with E-state index in [0.29, 0.717) is 17.8 Å².